The van der Waals surface area contributed by atoms with Crippen LogP contribution in [0.1, 0.15) is 0 Å². The maximum absolute atomic E-state index is 11.9. The van der Waals surface area contributed by atoms with Gasteiger partial charge in [0.1, 0.15) is 6.34 Å². The molecule has 19 heavy (non-hydrogen) atoms. The SMILES string of the molecule is CN(C)C=NS(=O)(=O)c1nc(-c2ccccc2)ns1. The highest BCUT2D eigenvalue weighted by atomic mass is 32.2. The largest absolute Gasteiger partial charge is 0.368 e. The maximum Gasteiger partial charge on any atom is 0.312 e. The second-order valence-electron chi connectivity index (χ2n) is 3.91. The molecule has 0 aliphatic heterocycles. The lowest BCUT2D eigenvalue weighted by Crippen LogP contribution is -2.10. The number of nitrogens with zero attached hydrogens (tertiary/aromatic N) is 4. The molecule has 2 rings (SSSR count). The fourth-order valence-corrected chi connectivity index (χ4v) is 2.88. The summed E-state index contributed by atoms with van der Waals surface area (Å²) in [5.74, 6) is 0.393. The third kappa shape index (κ3) is 3.36. The van der Waals surface area contributed by atoms with Crippen LogP contribution >= 0.6 is 11.5 Å². The standard InChI is InChI=1S/C11H12N4O2S2/c1-15(2)8-12-19(16,17)11-13-10(14-18-11)9-6-4-3-5-7-9/h3-8H,1-2H3. The van der Waals surface area contributed by atoms with E-state index in [1.807, 2.05) is 30.3 Å². The van der Waals surface area contributed by atoms with Crippen molar-refractivity contribution in [2.45, 2.75) is 4.34 Å². The number of hydrogen-bond acceptors (Lipinski definition) is 5. The lowest BCUT2D eigenvalue weighted by Gasteiger charge is -2.00. The van der Waals surface area contributed by atoms with Crippen LogP contribution in [0.15, 0.2) is 39.1 Å². The molecule has 1 aromatic carbocycles. The Labute approximate surface area is 115 Å². The zero-order valence-electron chi connectivity index (χ0n) is 10.4. The molecule has 1 heterocycles. The third-order valence-corrected chi connectivity index (χ3v) is 4.35. The van der Waals surface area contributed by atoms with Crippen molar-refractivity contribution in [3.05, 3.63) is 30.3 Å². The van der Waals surface area contributed by atoms with Crippen molar-refractivity contribution in [3.63, 3.8) is 0 Å². The molecule has 2 aromatic rings. The van der Waals surface area contributed by atoms with Crippen LogP contribution in [0, 0.1) is 0 Å². The minimum Gasteiger partial charge on any atom is -0.368 e. The molecule has 0 bridgehead atoms. The molecule has 0 unspecified atom stereocenters. The highest BCUT2D eigenvalue weighted by molar-refractivity contribution is 7.92. The zero-order valence-corrected chi connectivity index (χ0v) is 12.0. The summed E-state index contributed by atoms with van der Waals surface area (Å²) < 4.78 is 31.2. The number of aromatic nitrogens is 2. The van der Waals surface area contributed by atoms with E-state index < -0.39 is 10.0 Å². The number of sulfonamides is 1. The summed E-state index contributed by atoms with van der Waals surface area (Å²) in [5, 5.41) is 0. The van der Waals surface area contributed by atoms with Gasteiger partial charge in [-0.25, -0.2) is 4.98 Å². The predicted molar refractivity (Wildman–Crippen MR) is 74.7 cm³/mol. The van der Waals surface area contributed by atoms with E-state index in [1.54, 1.807) is 14.1 Å². The topological polar surface area (TPSA) is 75.5 Å². The summed E-state index contributed by atoms with van der Waals surface area (Å²) in [6, 6.07) is 9.20. The molecular weight excluding hydrogens is 284 g/mol. The van der Waals surface area contributed by atoms with Crippen molar-refractivity contribution in [1.82, 2.24) is 14.3 Å². The maximum atomic E-state index is 11.9. The van der Waals surface area contributed by atoms with E-state index in [4.69, 9.17) is 0 Å². The molecule has 0 saturated heterocycles. The summed E-state index contributed by atoms with van der Waals surface area (Å²) in [7, 11) is -0.392. The molecule has 100 valence electrons. The van der Waals surface area contributed by atoms with E-state index in [1.165, 1.54) is 11.2 Å². The van der Waals surface area contributed by atoms with Gasteiger partial charge < -0.3 is 4.90 Å². The van der Waals surface area contributed by atoms with Gasteiger partial charge in [-0.05, 0) is 0 Å². The molecule has 0 fully saturated rings. The van der Waals surface area contributed by atoms with E-state index >= 15 is 0 Å². The first-order valence-electron chi connectivity index (χ1n) is 5.35. The Morgan fingerprint density at radius 1 is 1.26 bits per heavy atom. The average molecular weight is 296 g/mol. The summed E-state index contributed by atoms with van der Waals surface area (Å²) >= 11 is 0.822. The van der Waals surface area contributed by atoms with E-state index in [0.29, 0.717) is 5.82 Å². The Bertz CT molecular complexity index is 678. The van der Waals surface area contributed by atoms with Crippen molar-refractivity contribution in [2.75, 3.05) is 14.1 Å². The second-order valence-corrected chi connectivity index (χ2v) is 6.47. The van der Waals surface area contributed by atoms with Crippen LogP contribution in [0.4, 0.5) is 0 Å². The van der Waals surface area contributed by atoms with E-state index in [9.17, 15) is 8.42 Å². The van der Waals surface area contributed by atoms with Gasteiger partial charge in [0.25, 0.3) is 4.34 Å². The first-order chi connectivity index (χ1) is 8.99. The van der Waals surface area contributed by atoms with Crippen LogP contribution in [0.25, 0.3) is 11.4 Å². The number of hydrogen-bond donors (Lipinski definition) is 0. The minimum atomic E-state index is -3.77. The predicted octanol–water partition coefficient (Wildman–Crippen LogP) is 1.48. The highest BCUT2D eigenvalue weighted by Crippen LogP contribution is 2.21. The smallest absolute Gasteiger partial charge is 0.312 e. The molecule has 0 amide bonds. The van der Waals surface area contributed by atoms with Crippen molar-refractivity contribution in [3.8, 4) is 11.4 Å². The molecule has 0 saturated carbocycles. The highest BCUT2D eigenvalue weighted by Gasteiger charge is 2.19. The zero-order chi connectivity index (χ0) is 13.9. The van der Waals surface area contributed by atoms with Crippen LogP contribution in [0.2, 0.25) is 0 Å². The monoisotopic (exact) mass is 296 g/mol. The second kappa shape index (κ2) is 5.45. The Hall–Kier alpha value is -1.80. The Morgan fingerprint density at radius 2 is 1.95 bits per heavy atom. The van der Waals surface area contributed by atoms with Gasteiger partial charge in [0.15, 0.2) is 5.82 Å². The first-order valence-corrected chi connectivity index (χ1v) is 7.56. The fourth-order valence-electron chi connectivity index (χ4n) is 1.22. The number of benzene rings is 1. The molecule has 0 N–H and O–H groups in total. The van der Waals surface area contributed by atoms with Gasteiger partial charge in [0, 0.05) is 31.2 Å². The molecular formula is C11H12N4O2S2. The Balaban J connectivity index is 2.32. The average Bonchev–Trinajstić information content (AvgIpc) is 2.88. The van der Waals surface area contributed by atoms with Crippen molar-refractivity contribution in [2.24, 2.45) is 4.40 Å². The first kappa shape index (κ1) is 13.6. The summed E-state index contributed by atoms with van der Waals surface area (Å²) in [5.41, 5.74) is 0.775. The van der Waals surface area contributed by atoms with Gasteiger partial charge in [-0.2, -0.15) is 12.8 Å². The van der Waals surface area contributed by atoms with Gasteiger partial charge >= 0.3 is 10.0 Å². The van der Waals surface area contributed by atoms with Crippen LogP contribution in [0.5, 0.6) is 0 Å². The van der Waals surface area contributed by atoms with Crippen LogP contribution < -0.4 is 0 Å². The van der Waals surface area contributed by atoms with Gasteiger partial charge in [-0.1, -0.05) is 30.3 Å². The molecule has 0 atom stereocenters. The lowest BCUT2D eigenvalue weighted by atomic mass is 10.2. The summed E-state index contributed by atoms with van der Waals surface area (Å²) in [6.45, 7) is 0. The van der Waals surface area contributed by atoms with Gasteiger partial charge in [0.05, 0.1) is 0 Å². The Morgan fingerprint density at radius 3 is 2.58 bits per heavy atom. The molecule has 0 spiro atoms. The van der Waals surface area contributed by atoms with E-state index in [2.05, 4.69) is 13.8 Å². The molecule has 0 aliphatic carbocycles. The molecule has 1 aromatic heterocycles. The number of rotatable bonds is 4. The minimum absolute atomic E-state index is 0.107. The van der Waals surface area contributed by atoms with E-state index in [0.717, 1.165) is 17.1 Å². The summed E-state index contributed by atoms with van der Waals surface area (Å²) in [6.07, 6.45) is 1.22. The van der Waals surface area contributed by atoms with Gasteiger partial charge in [-0.3, -0.25) is 0 Å². The molecule has 0 radical (unpaired) electrons. The van der Waals surface area contributed by atoms with Gasteiger partial charge in [-0.15, -0.1) is 4.40 Å². The van der Waals surface area contributed by atoms with Crippen molar-refractivity contribution >= 4 is 27.9 Å². The van der Waals surface area contributed by atoms with Gasteiger partial charge in [0.2, 0.25) is 0 Å². The summed E-state index contributed by atoms with van der Waals surface area (Å²) in [4.78, 5) is 5.56. The Kier molecular flexibility index (Phi) is 3.91. The fraction of sp³-hybridized carbons (Fsp3) is 0.182. The lowest BCUT2D eigenvalue weighted by molar-refractivity contribution is 0.594. The van der Waals surface area contributed by atoms with Crippen molar-refractivity contribution < 1.29 is 8.42 Å². The van der Waals surface area contributed by atoms with Crippen LogP contribution in [-0.4, -0.2) is 43.1 Å². The third-order valence-electron chi connectivity index (χ3n) is 2.08. The van der Waals surface area contributed by atoms with Crippen molar-refractivity contribution in [1.29, 1.82) is 0 Å². The quantitative estimate of drug-likeness (QED) is 0.631. The molecule has 6 nitrogen and oxygen atoms in total. The molecule has 8 heteroatoms. The van der Waals surface area contributed by atoms with Crippen LogP contribution in [-0.2, 0) is 10.0 Å². The molecule has 0 aliphatic rings. The van der Waals surface area contributed by atoms with Crippen LogP contribution in [0.3, 0.4) is 0 Å². The van der Waals surface area contributed by atoms with E-state index in [-0.39, 0.29) is 4.34 Å². The normalized spacial score (nSPS) is 11.9.